The van der Waals surface area contributed by atoms with Crippen molar-refractivity contribution in [2.24, 2.45) is 0 Å². The Morgan fingerprint density at radius 1 is 0.828 bits per heavy atom. The highest BCUT2D eigenvalue weighted by molar-refractivity contribution is 7.89. The number of hydrogen-bond donors (Lipinski definition) is 1. The number of fused-ring (bicyclic) bond motifs is 2. The Kier molecular flexibility index (Phi) is 5.65. The van der Waals surface area contributed by atoms with Gasteiger partial charge in [0, 0.05) is 6.54 Å². The smallest absolute Gasteiger partial charge is 0.211 e. The Balaban J connectivity index is 1.92. The van der Waals surface area contributed by atoms with E-state index in [0.29, 0.717) is 17.0 Å². The van der Waals surface area contributed by atoms with Crippen LogP contribution < -0.4 is 4.72 Å². The summed E-state index contributed by atoms with van der Waals surface area (Å²) in [6, 6.07) is 24.1. The van der Waals surface area contributed by atoms with Gasteiger partial charge in [-0.1, -0.05) is 73.7 Å². The van der Waals surface area contributed by atoms with E-state index in [4.69, 9.17) is 0 Å². The number of hydrogen-bond acceptors (Lipinski definition) is 2. The van der Waals surface area contributed by atoms with Gasteiger partial charge < -0.3 is 0 Å². The molecule has 29 heavy (non-hydrogen) atoms. The van der Waals surface area contributed by atoms with E-state index >= 15 is 0 Å². The third-order valence-corrected chi connectivity index (χ3v) is 6.86. The molecule has 0 aromatic heterocycles. The fourth-order valence-electron chi connectivity index (χ4n) is 3.89. The van der Waals surface area contributed by atoms with Gasteiger partial charge in [0.15, 0.2) is 0 Å². The largest absolute Gasteiger partial charge is 0.241 e. The molecule has 1 aliphatic rings. The minimum Gasteiger partial charge on any atom is -0.211 e. The highest BCUT2D eigenvalue weighted by Crippen LogP contribution is 2.35. The second kappa shape index (κ2) is 8.36. The zero-order valence-corrected chi connectivity index (χ0v) is 17.4. The number of nitrogens with one attached hydrogen (secondary N) is 1. The van der Waals surface area contributed by atoms with Crippen LogP contribution in [0, 0.1) is 0 Å². The van der Waals surface area contributed by atoms with Crippen molar-refractivity contribution in [1.29, 1.82) is 0 Å². The van der Waals surface area contributed by atoms with Crippen LogP contribution in [0.1, 0.15) is 41.2 Å². The molecule has 148 valence electrons. The van der Waals surface area contributed by atoms with Crippen LogP contribution in [0.3, 0.4) is 0 Å². The summed E-state index contributed by atoms with van der Waals surface area (Å²) in [4.78, 5) is 0.320. The Labute approximate surface area is 173 Å². The van der Waals surface area contributed by atoms with Crippen LogP contribution in [0.2, 0.25) is 0 Å². The predicted molar refractivity (Wildman–Crippen MR) is 119 cm³/mol. The molecule has 4 heteroatoms. The molecule has 0 spiro atoms. The Morgan fingerprint density at radius 3 is 2.00 bits per heavy atom. The fraction of sp³-hybridized carbons (Fsp3) is 0.200. The second-order valence-corrected chi connectivity index (χ2v) is 9.04. The highest BCUT2D eigenvalue weighted by atomic mass is 32.2. The van der Waals surface area contributed by atoms with Crippen LogP contribution in [-0.2, 0) is 22.9 Å². The zero-order valence-electron chi connectivity index (χ0n) is 16.6. The second-order valence-electron chi connectivity index (χ2n) is 7.31. The average Bonchev–Trinajstić information content (AvgIpc) is 2.90. The summed E-state index contributed by atoms with van der Waals surface area (Å²) in [6.45, 7) is 2.38. The maximum absolute atomic E-state index is 12.9. The summed E-state index contributed by atoms with van der Waals surface area (Å²) in [6.07, 6.45) is 4.73. The molecule has 0 saturated heterocycles. The molecule has 3 nitrogen and oxygen atoms in total. The normalized spacial score (nSPS) is 13.3. The van der Waals surface area contributed by atoms with Crippen molar-refractivity contribution in [3.05, 3.63) is 101 Å². The monoisotopic (exact) mass is 403 g/mol. The number of rotatable bonds is 5. The molecule has 0 amide bonds. The van der Waals surface area contributed by atoms with E-state index in [1.807, 2.05) is 37.3 Å². The first-order chi connectivity index (χ1) is 14.1. The Bertz CT molecular complexity index is 1110. The van der Waals surface area contributed by atoms with Crippen LogP contribution in [0.4, 0.5) is 0 Å². The summed E-state index contributed by atoms with van der Waals surface area (Å²) >= 11 is 0. The third kappa shape index (κ3) is 4.04. The van der Waals surface area contributed by atoms with Crippen LogP contribution in [0.5, 0.6) is 0 Å². The van der Waals surface area contributed by atoms with Gasteiger partial charge in [0.25, 0.3) is 0 Å². The van der Waals surface area contributed by atoms with E-state index in [9.17, 15) is 8.42 Å². The standard InChI is InChI=1S/C25H25NO2S/c1-2-17-26-29(27,28)25-14-8-5-11-21(25)18-24-22-12-6-3-9-19(22)15-16-20-10-4-7-13-23(20)24/h3-14,18,26H,2,15-17H2,1H3. The van der Waals surface area contributed by atoms with Gasteiger partial charge in [0.2, 0.25) is 10.0 Å². The summed E-state index contributed by atoms with van der Waals surface area (Å²) in [5.74, 6) is 0. The van der Waals surface area contributed by atoms with E-state index in [1.165, 1.54) is 22.3 Å². The van der Waals surface area contributed by atoms with E-state index < -0.39 is 10.0 Å². The molecule has 1 N–H and O–H groups in total. The molecule has 3 aromatic carbocycles. The van der Waals surface area contributed by atoms with Gasteiger partial charge in [0.05, 0.1) is 4.90 Å². The molecule has 0 aliphatic heterocycles. The lowest BCUT2D eigenvalue weighted by Crippen LogP contribution is -2.25. The topological polar surface area (TPSA) is 46.2 Å². The van der Waals surface area contributed by atoms with E-state index in [2.05, 4.69) is 41.1 Å². The van der Waals surface area contributed by atoms with Gasteiger partial charge in [-0.25, -0.2) is 13.1 Å². The molecule has 1 aliphatic carbocycles. The maximum atomic E-state index is 12.9. The molecule has 0 saturated carbocycles. The SMILES string of the molecule is CCCNS(=O)(=O)c1ccccc1C=C1c2ccccc2CCc2ccccc21. The van der Waals surface area contributed by atoms with Crippen LogP contribution >= 0.6 is 0 Å². The van der Waals surface area contributed by atoms with Gasteiger partial charge in [-0.3, -0.25) is 0 Å². The Hall–Kier alpha value is -2.69. The Morgan fingerprint density at radius 2 is 1.38 bits per heavy atom. The zero-order chi connectivity index (χ0) is 20.3. The van der Waals surface area contributed by atoms with Gasteiger partial charge in [-0.2, -0.15) is 0 Å². The molecule has 0 unspecified atom stereocenters. The molecule has 0 bridgehead atoms. The first-order valence-corrected chi connectivity index (χ1v) is 11.6. The van der Waals surface area contributed by atoms with Crippen molar-refractivity contribution < 1.29 is 8.42 Å². The number of benzene rings is 3. The quantitative estimate of drug-likeness (QED) is 0.647. The lowest BCUT2D eigenvalue weighted by Gasteiger charge is -2.14. The maximum Gasteiger partial charge on any atom is 0.241 e. The minimum absolute atomic E-state index is 0.320. The number of aryl methyl sites for hydroxylation is 2. The van der Waals surface area contributed by atoms with Crippen molar-refractivity contribution in [2.45, 2.75) is 31.1 Å². The molecule has 4 rings (SSSR count). The summed E-state index contributed by atoms with van der Waals surface area (Å²) in [5, 5.41) is 0. The van der Waals surface area contributed by atoms with Crippen molar-refractivity contribution >= 4 is 21.7 Å². The molecule has 0 radical (unpaired) electrons. The van der Waals surface area contributed by atoms with Gasteiger partial charge in [0.1, 0.15) is 0 Å². The molecule has 0 fully saturated rings. The van der Waals surface area contributed by atoms with Crippen LogP contribution in [0.15, 0.2) is 77.7 Å². The summed E-state index contributed by atoms with van der Waals surface area (Å²) in [5.41, 5.74) is 6.71. The van der Waals surface area contributed by atoms with Gasteiger partial charge in [-0.05, 0) is 64.8 Å². The fourth-order valence-corrected chi connectivity index (χ4v) is 5.21. The van der Waals surface area contributed by atoms with Gasteiger partial charge >= 0.3 is 0 Å². The predicted octanol–water partition coefficient (Wildman–Crippen LogP) is 5.06. The minimum atomic E-state index is -3.56. The summed E-state index contributed by atoms with van der Waals surface area (Å²) < 4.78 is 28.4. The van der Waals surface area contributed by atoms with Gasteiger partial charge in [-0.15, -0.1) is 0 Å². The molecule has 0 heterocycles. The molecule has 0 atom stereocenters. The van der Waals surface area contributed by atoms with Crippen LogP contribution in [0.25, 0.3) is 11.6 Å². The van der Waals surface area contributed by atoms with Crippen molar-refractivity contribution in [3.63, 3.8) is 0 Å². The van der Waals surface area contributed by atoms with E-state index in [-0.39, 0.29) is 0 Å². The first kappa shape index (κ1) is 19.6. The molecular weight excluding hydrogens is 378 g/mol. The average molecular weight is 404 g/mol. The highest BCUT2D eigenvalue weighted by Gasteiger charge is 2.20. The molecule has 3 aromatic rings. The summed E-state index contributed by atoms with van der Waals surface area (Å²) in [7, 11) is -3.56. The van der Waals surface area contributed by atoms with E-state index in [1.54, 1.807) is 12.1 Å². The van der Waals surface area contributed by atoms with Crippen LogP contribution in [-0.4, -0.2) is 15.0 Å². The third-order valence-electron chi connectivity index (χ3n) is 5.33. The van der Waals surface area contributed by atoms with Crippen molar-refractivity contribution in [2.75, 3.05) is 6.54 Å². The van der Waals surface area contributed by atoms with Crippen molar-refractivity contribution in [3.8, 4) is 0 Å². The number of sulfonamides is 1. The molecular formula is C25H25NO2S. The lowest BCUT2D eigenvalue weighted by molar-refractivity contribution is 0.580. The van der Waals surface area contributed by atoms with Crippen molar-refractivity contribution in [1.82, 2.24) is 4.72 Å². The van der Waals surface area contributed by atoms with E-state index in [0.717, 1.165) is 24.8 Å². The first-order valence-electron chi connectivity index (χ1n) is 10.1. The lowest BCUT2D eigenvalue weighted by atomic mass is 9.92.